The molecular formula is C4H5NO. The molecule has 0 aromatic heterocycles. The van der Waals surface area contributed by atoms with Crippen molar-refractivity contribution in [2.75, 3.05) is 0 Å². The third-order valence-electron chi connectivity index (χ3n) is 0.446. The lowest BCUT2D eigenvalue weighted by Crippen LogP contribution is -1.84. The Hall–Kier alpha value is -0.840. The number of carbonyl (C=O) groups excluding carboxylic acids is 1. The molecular weight excluding hydrogens is 78.1 g/mol. The number of hydrogen-bond donors (Lipinski definition) is 0. The van der Waals surface area contributed by atoms with Crippen LogP contribution < -0.4 is 0 Å². The topological polar surface area (TPSA) is 40.9 Å². The van der Waals surface area contributed by atoms with Gasteiger partial charge < -0.3 is 0 Å². The summed E-state index contributed by atoms with van der Waals surface area (Å²) in [6.07, 6.45) is 0.330. The molecule has 0 aliphatic heterocycles. The zero-order valence-electron chi connectivity index (χ0n) is 3.56. The second-order valence-electron chi connectivity index (χ2n) is 0.889. The number of hydrogen-bond acceptors (Lipinski definition) is 2. The van der Waals surface area contributed by atoms with Gasteiger partial charge in [-0.15, -0.1) is 0 Å². The number of nitrogens with zero attached hydrogens (tertiary/aromatic N) is 1. The molecule has 2 heteroatoms. The summed E-state index contributed by atoms with van der Waals surface area (Å²) < 4.78 is 0. The van der Waals surface area contributed by atoms with Crippen LogP contribution in [-0.4, -0.2) is 5.78 Å². The Kier molecular flexibility index (Phi) is 2.06. The van der Waals surface area contributed by atoms with E-state index in [4.69, 9.17) is 5.26 Å². The Labute approximate surface area is 36.4 Å². The average molecular weight is 83.1 g/mol. The quantitative estimate of drug-likeness (QED) is 0.433. The van der Waals surface area contributed by atoms with Gasteiger partial charge in [0.2, 0.25) is 5.78 Å². The van der Waals surface area contributed by atoms with Crippen molar-refractivity contribution >= 4 is 5.78 Å². The van der Waals surface area contributed by atoms with Crippen molar-refractivity contribution in [1.29, 1.82) is 5.26 Å². The third kappa shape index (κ3) is 1.48. The van der Waals surface area contributed by atoms with Gasteiger partial charge in [-0.2, -0.15) is 5.26 Å². The maximum absolute atomic E-state index is 9.82. The minimum absolute atomic E-state index is 0.330. The molecule has 0 saturated heterocycles. The van der Waals surface area contributed by atoms with Crippen LogP contribution >= 0.6 is 0 Å². The molecule has 0 saturated carbocycles. The lowest BCUT2D eigenvalue weighted by Gasteiger charge is -1.68. The van der Waals surface area contributed by atoms with Crippen LogP contribution in [0.2, 0.25) is 0 Å². The number of ketones is 1. The van der Waals surface area contributed by atoms with E-state index < -0.39 is 0 Å². The van der Waals surface area contributed by atoms with Gasteiger partial charge in [0.1, 0.15) is 6.07 Å². The van der Waals surface area contributed by atoms with E-state index in [2.05, 4.69) is 0 Å². The fourth-order valence-corrected chi connectivity index (χ4v) is 0.0791. The fraction of sp³-hybridized carbons (Fsp3) is 0.500. The Morgan fingerprint density at radius 1 is 2.00 bits per heavy atom. The molecule has 0 spiro atoms. The highest BCUT2D eigenvalue weighted by Gasteiger charge is 1.86. The van der Waals surface area contributed by atoms with Gasteiger partial charge in [-0.05, 0) is 0 Å². The Morgan fingerprint density at radius 2 is 2.50 bits per heavy atom. The summed E-state index contributed by atoms with van der Waals surface area (Å²) in [5.74, 6) is -0.352. The normalized spacial score (nSPS) is 6.67. The first-order valence-corrected chi connectivity index (χ1v) is 1.74. The van der Waals surface area contributed by atoms with Gasteiger partial charge >= 0.3 is 0 Å². The largest absolute Gasteiger partial charge is 0.283 e. The van der Waals surface area contributed by atoms with Gasteiger partial charge in [-0.25, -0.2) is 0 Å². The second kappa shape index (κ2) is 2.40. The standard InChI is InChI=1S/C4H5NO/c1-2-4(6)3-5/h2H2,1H3. The van der Waals surface area contributed by atoms with Crippen LogP contribution in [0.3, 0.4) is 0 Å². The van der Waals surface area contributed by atoms with Crippen molar-refractivity contribution in [1.82, 2.24) is 0 Å². The van der Waals surface area contributed by atoms with E-state index in [1.165, 1.54) is 6.07 Å². The fourth-order valence-electron chi connectivity index (χ4n) is 0.0791. The van der Waals surface area contributed by atoms with Gasteiger partial charge in [0.15, 0.2) is 0 Å². The minimum Gasteiger partial charge on any atom is -0.283 e. The lowest BCUT2D eigenvalue weighted by atomic mass is 10.3. The summed E-state index contributed by atoms with van der Waals surface area (Å²) in [7, 11) is 0. The second-order valence-corrected chi connectivity index (χ2v) is 0.889. The molecule has 32 valence electrons. The van der Waals surface area contributed by atoms with Crippen LogP contribution in [0.25, 0.3) is 0 Å². The SMILES string of the molecule is CCC(=O)C#N. The van der Waals surface area contributed by atoms with Gasteiger partial charge in [0, 0.05) is 6.42 Å². The number of nitriles is 1. The van der Waals surface area contributed by atoms with Crippen molar-refractivity contribution in [3.05, 3.63) is 0 Å². The van der Waals surface area contributed by atoms with Gasteiger partial charge in [-0.1, -0.05) is 6.92 Å². The Balaban J connectivity index is 3.33. The van der Waals surface area contributed by atoms with Crippen LogP contribution in [0.15, 0.2) is 0 Å². The molecule has 0 N–H and O–H groups in total. The molecule has 6 heavy (non-hydrogen) atoms. The van der Waals surface area contributed by atoms with Crippen LogP contribution in [-0.2, 0) is 4.79 Å². The molecule has 0 rings (SSSR count). The van der Waals surface area contributed by atoms with E-state index in [1.807, 2.05) is 0 Å². The number of carbonyl (C=O) groups is 1. The number of Topliss-reactive ketones (excluding diaryl/α,β-unsaturated/α-hetero) is 1. The van der Waals surface area contributed by atoms with Crippen molar-refractivity contribution in [3.8, 4) is 6.07 Å². The maximum Gasteiger partial charge on any atom is 0.231 e. The molecule has 0 radical (unpaired) electrons. The van der Waals surface area contributed by atoms with Crippen molar-refractivity contribution < 1.29 is 4.79 Å². The van der Waals surface area contributed by atoms with Gasteiger partial charge in [0.05, 0.1) is 0 Å². The average Bonchev–Trinajstić information content (AvgIpc) is 1.65. The van der Waals surface area contributed by atoms with Crippen LogP contribution in [0.4, 0.5) is 0 Å². The zero-order valence-corrected chi connectivity index (χ0v) is 3.56. The molecule has 0 bridgehead atoms. The van der Waals surface area contributed by atoms with Gasteiger partial charge in [0.25, 0.3) is 0 Å². The Bertz CT molecular complexity index is 90.2. The molecule has 0 aromatic carbocycles. The summed E-state index contributed by atoms with van der Waals surface area (Å²) in [6, 6.07) is 1.48. The van der Waals surface area contributed by atoms with Crippen LogP contribution in [0.5, 0.6) is 0 Å². The molecule has 0 aliphatic carbocycles. The third-order valence-corrected chi connectivity index (χ3v) is 0.446. The highest BCUT2D eigenvalue weighted by Crippen LogP contribution is 1.72. The molecule has 0 amide bonds. The van der Waals surface area contributed by atoms with E-state index in [0.717, 1.165) is 0 Å². The minimum atomic E-state index is -0.352. The molecule has 0 unspecified atom stereocenters. The molecule has 2 nitrogen and oxygen atoms in total. The van der Waals surface area contributed by atoms with Crippen molar-refractivity contribution in [3.63, 3.8) is 0 Å². The van der Waals surface area contributed by atoms with E-state index >= 15 is 0 Å². The maximum atomic E-state index is 9.82. The van der Waals surface area contributed by atoms with Gasteiger partial charge in [-0.3, -0.25) is 4.79 Å². The first kappa shape index (κ1) is 5.16. The predicted octanol–water partition coefficient (Wildman–Crippen LogP) is 0.489. The van der Waals surface area contributed by atoms with Crippen LogP contribution in [0.1, 0.15) is 13.3 Å². The van der Waals surface area contributed by atoms with Crippen LogP contribution in [0, 0.1) is 11.3 Å². The van der Waals surface area contributed by atoms with E-state index in [1.54, 1.807) is 6.92 Å². The van der Waals surface area contributed by atoms with Crippen molar-refractivity contribution in [2.24, 2.45) is 0 Å². The molecule has 0 aromatic rings. The smallest absolute Gasteiger partial charge is 0.231 e. The molecule has 0 atom stereocenters. The monoisotopic (exact) mass is 83.0 g/mol. The Morgan fingerprint density at radius 3 is 2.50 bits per heavy atom. The molecule has 0 heterocycles. The summed E-state index contributed by atoms with van der Waals surface area (Å²) >= 11 is 0. The summed E-state index contributed by atoms with van der Waals surface area (Å²) in [5.41, 5.74) is 0. The highest BCUT2D eigenvalue weighted by atomic mass is 16.1. The van der Waals surface area contributed by atoms with E-state index in [-0.39, 0.29) is 5.78 Å². The van der Waals surface area contributed by atoms with Crippen molar-refractivity contribution in [2.45, 2.75) is 13.3 Å². The summed E-state index contributed by atoms with van der Waals surface area (Å²) in [5, 5.41) is 7.74. The zero-order chi connectivity index (χ0) is 4.99. The predicted molar refractivity (Wildman–Crippen MR) is 20.9 cm³/mol. The first-order chi connectivity index (χ1) is 2.81. The molecule has 0 aliphatic rings. The first-order valence-electron chi connectivity index (χ1n) is 1.74. The van der Waals surface area contributed by atoms with E-state index in [0.29, 0.717) is 6.42 Å². The number of rotatable bonds is 1. The summed E-state index contributed by atoms with van der Waals surface area (Å²) in [4.78, 5) is 9.82. The highest BCUT2D eigenvalue weighted by molar-refractivity contribution is 5.92. The molecule has 0 fully saturated rings. The summed E-state index contributed by atoms with van der Waals surface area (Å²) in [6.45, 7) is 1.66. The van der Waals surface area contributed by atoms with E-state index in [9.17, 15) is 4.79 Å². The lowest BCUT2D eigenvalue weighted by molar-refractivity contribution is -0.113.